The predicted molar refractivity (Wildman–Crippen MR) is 102 cm³/mol. The van der Waals surface area contributed by atoms with Crippen LogP contribution in [0.3, 0.4) is 0 Å². The number of imidazole rings is 1. The topological polar surface area (TPSA) is 64.7 Å². The van der Waals surface area contributed by atoms with Gasteiger partial charge in [0.15, 0.2) is 0 Å². The molecule has 0 saturated carbocycles. The average Bonchev–Trinajstić information content (AvgIpc) is 3.26. The largest absolute Gasteiger partial charge is 0.355 e. The van der Waals surface area contributed by atoms with Gasteiger partial charge in [-0.05, 0) is 44.6 Å². The molecule has 3 aromatic rings. The molecule has 0 fully saturated rings. The summed E-state index contributed by atoms with van der Waals surface area (Å²) in [6.07, 6.45) is 11.0. The highest BCUT2D eigenvalue weighted by Gasteiger charge is 2.21. The molecule has 6 nitrogen and oxygen atoms in total. The molecule has 4 rings (SSSR count). The van der Waals surface area contributed by atoms with Crippen LogP contribution in [0.15, 0.2) is 23.5 Å². The van der Waals surface area contributed by atoms with Gasteiger partial charge in [-0.2, -0.15) is 0 Å². The quantitative estimate of drug-likeness (QED) is 0.689. The van der Waals surface area contributed by atoms with Crippen LogP contribution in [0.25, 0.3) is 10.2 Å². The third-order valence-electron chi connectivity index (χ3n) is 4.83. The van der Waals surface area contributed by atoms with E-state index in [0.29, 0.717) is 12.5 Å². The summed E-state index contributed by atoms with van der Waals surface area (Å²) in [7, 11) is 0. The van der Waals surface area contributed by atoms with Crippen LogP contribution in [0, 0.1) is 0 Å². The van der Waals surface area contributed by atoms with Gasteiger partial charge in [-0.1, -0.05) is 0 Å². The summed E-state index contributed by atoms with van der Waals surface area (Å²) in [5, 5.41) is 4.23. The van der Waals surface area contributed by atoms with Crippen LogP contribution in [-0.4, -0.2) is 25.6 Å². The number of hydrogen-bond acceptors (Lipinski definition) is 5. The maximum absolute atomic E-state index is 13.0. The van der Waals surface area contributed by atoms with Gasteiger partial charge in [-0.25, -0.2) is 9.97 Å². The molecule has 1 aliphatic rings. The summed E-state index contributed by atoms with van der Waals surface area (Å²) < 4.78 is 3.83. The summed E-state index contributed by atoms with van der Waals surface area (Å²) in [4.78, 5) is 24.1. The second-order valence-electron chi connectivity index (χ2n) is 6.46. The van der Waals surface area contributed by atoms with Crippen molar-refractivity contribution >= 4 is 27.5 Å². The van der Waals surface area contributed by atoms with E-state index >= 15 is 0 Å². The zero-order valence-electron chi connectivity index (χ0n) is 14.5. The zero-order chi connectivity index (χ0) is 17.2. The molecule has 0 spiro atoms. The standard InChI is InChI=1S/C18H23N5OS/c1-2-23-17(24)15-13-6-3-4-7-14(13)25-16(15)21-18(23)20-8-5-10-22-11-9-19-12-22/h9,11-12H,2-8,10H2,1H3,(H,20,21). The van der Waals surface area contributed by atoms with Crippen molar-refractivity contribution in [1.82, 2.24) is 19.1 Å². The summed E-state index contributed by atoms with van der Waals surface area (Å²) >= 11 is 1.71. The minimum atomic E-state index is 0.115. The monoisotopic (exact) mass is 357 g/mol. The first kappa shape index (κ1) is 16.3. The van der Waals surface area contributed by atoms with Crippen molar-refractivity contribution < 1.29 is 0 Å². The first-order valence-electron chi connectivity index (χ1n) is 9.02. The number of hydrogen-bond donors (Lipinski definition) is 1. The molecule has 1 N–H and O–H groups in total. The van der Waals surface area contributed by atoms with Crippen molar-refractivity contribution in [1.29, 1.82) is 0 Å². The maximum Gasteiger partial charge on any atom is 0.263 e. The van der Waals surface area contributed by atoms with Crippen LogP contribution in [0.4, 0.5) is 5.95 Å². The SMILES string of the molecule is CCn1c(NCCCn2ccnc2)nc2sc3c(c2c1=O)CCCC3. The number of nitrogens with one attached hydrogen (secondary N) is 1. The molecule has 0 unspecified atom stereocenters. The van der Waals surface area contributed by atoms with E-state index in [1.807, 2.05) is 19.4 Å². The van der Waals surface area contributed by atoms with Crippen molar-refractivity contribution in [2.24, 2.45) is 0 Å². The number of nitrogens with zero attached hydrogens (tertiary/aromatic N) is 4. The fourth-order valence-corrected chi connectivity index (χ4v) is 4.80. The zero-order valence-corrected chi connectivity index (χ0v) is 15.3. The lowest BCUT2D eigenvalue weighted by molar-refractivity contribution is 0.651. The van der Waals surface area contributed by atoms with E-state index in [1.54, 1.807) is 22.1 Å². The fraction of sp³-hybridized carbons (Fsp3) is 0.500. The van der Waals surface area contributed by atoms with Gasteiger partial charge in [-0.15, -0.1) is 11.3 Å². The molecule has 0 aliphatic heterocycles. The Morgan fingerprint density at radius 3 is 3.00 bits per heavy atom. The molecule has 1 aliphatic carbocycles. The molecule has 25 heavy (non-hydrogen) atoms. The lowest BCUT2D eigenvalue weighted by Crippen LogP contribution is -2.25. The first-order chi connectivity index (χ1) is 12.3. The van der Waals surface area contributed by atoms with Gasteiger partial charge >= 0.3 is 0 Å². The highest BCUT2D eigenvalue weighted by Crippen LogP contribution is 2.34. The van der Waals surface area contributed by atoms with Gasteiger partial charge in [-0.3, -0.25) is 9.36 Å². The third-order valence-corrected chi connectivity index (χ3v) is 6.01. The van der Waals surface area contributed by atoms with Gasteiger partial charge in [0.2, 0.25) is 5.95 Å². The Balaban J connectivity index is 1.58. The molecule has 3 heterocycles. The lowest BCUT2D eigenvalue weighted by Gasteiger charge is -2.13. The molecule has 7 heteroatoms. The number of aryl methyl sites for hydroxylation is 3. The third kappa shape index (κ3) is 3.08. The molecule has 3 aromatic heterocycles. The molecule has 0 bridgehead atoms. The molecule has 0 radical (unpaired) electrons. The van der Waals surface area contributed by atoms with E-state index in [4.69, 9.17) is 4.98 Å². The van der Waals surface area contributed by atoms with E-state index in [1.165, 1.54) is 23.3 Å². The van der Waals surface area contributed by atoms with E-state index in [2.05, 4.69) is 14.9 Å². The van der Waals surface area contributed by atoms with Gasteiger partial charge in [0, 0.05) is 36.9 Å². The minimum Gasteiger partial charge on any atom is -0.355 e. The smallest absolute Gasteiger partial charge is 0.263 e. The van der Waals surface area contributed by atoms with E-state index in [9.17, 15) is 4.79 Å². The molecular formula is C18H23N5OS. The second-order valence-corrected chi connectivity index (χ2v) is 7.54. The number of aromatic nitrogens is 4. The second kappa shape index (κ2) is 7.00. The Kier molecular flexibility index (Phi) is 4.57. The van der Waals surface area contributed by atoms with Crippen molar-refractivity contribution in [2.45, 2.75) is 52.1 Å². The van der Waals surface area contributed by atoms with Gasteiger partial charge in [0.05, 0.1) is 11.7 Å². The molecule has 132 valence electrons. The average molecular weight is 357 g/mol. The van der Waals surface area contributed by atoms with Crippen LogP contribution in [0.1, 0.15) is 36.6 Å². The van der Waals surface area contributed by atoms with E-state index in [-0.39, 0.29) is 5.56 Å². The summed E-state index contributed by atoms with van der Waals surface area (Å²) in [5.41, 5.74) is 1.38. The molecule has 0 saturated heterocycles. The van der Waals surface area contributed by atoms with Gasteiger partial charge in [0.25, 0.3) is 5.56 Å². The minimum absolute atomic E-state index is 0.115. The highest BCUT2D eigenvalue weighted by atomic mass is 32.1. The van der Waals surface area contributed by atoms with Crippen LogP contribution >= 0.6 is 11.3 Å². The van der Waals surface area contributed by atoms with Crippen LogP contribution < -0.4 is 10.9 Å². The summed E-state index contributed by atoms with van der Waals surface area (Å²) in [5.74, 6) is 0.698. The number of anilines is 1. The van der Waals surface area contributed by atoms with Crippen LogP contribution in [-0.2, 0) is 25.9 Å². The molecule has 0 atom stereocenters. The highest BCUT2D eigenvalue weighted by molar-refractivity contribution is 7.18. The lowest BCUT2D eigenvalue weighted by atomic mass is 9.97. The number of rotatable bonds is 6. The van der Waals surface area contributed by atoms with E-state index in [0.717, 1.165) is 42.6 Å². The molecular weight excluding hydrogens is 334 g/mol. The van der Waals surface area contributed by atoms with Crippen LogP contribution in [0.5, 0.6) is 0 Å². The van der Waals surface area contributed by atoms with Gasteiger partial charge in [0.1, 0.15) is 4.83 Å². The Morgan fingerprint density at radius 2 is 2.20 bits per heavy atom. The number of thiophene rings is 1. The fourth-order valence-electron chi connectivity index (χ4n) is 3.55. The Hall–Kier alpha value is -2.15. The summed E-state index contributed by atoms with van der Waals surface area (Å²) in [6.45, 7) is 4.32. The predicted octanol–water partition coefficient (Wildman–Crippen LogP) is 3.06. The van der Waals surface area contributed by atoms with Crippen LogP contribution in [0.2, 0.25) is 0 Å². The Labute approximate surface area is 150 Å². The number of fused-ring (bicyclic) bond motifs is 3. The molecule has 0 aromatic carbocycles. The van der Waals surface area contributed by atoms with Gasteiger partial charge < -0.3 is 9.88 Å². The van der Waals surface area contributed by atoms with Crippen molar-refractivity contribution in [3.63, 3.8) is 0 Å². The molecule has 0 amide bonds. The first-order valence-corrected chi connectivity index (χ1v) is 9.84. The van der Waals surface area contributed by atoms with E-state index < -0.39 is 0 Å². The Morgan fingerprint density at radius 1 is 1.32 bits per heavy atom. The summed E-state index contributed by atoms with van der Waals surface area (Å²) in [6, 6.07) is 0. The maximum atomic E-state index is 13.0. The van der Waals surface area contributed by atoms with Crippen molar-refractivity contribution in [3.8, 4) is 0 Å². The van der Waals surface area contributed by atoms with Crippen molar-refractivity contribution in [2.75, 3.05) is 11.9 Å². The Bertz CT molecular complexity index is 925. The normalized spacial score (nSPS) is 14.0. The van der Waals surface area contributed by atoms with Crippen molar-refractivity contribution in [3.05, 3.63) is 39.5 Å².